The van der Waals surface area contributed by atoms with E-state index < -0.39 is 0 Å². The van der Waals surface area contributed by atoms with Crippen LogP contribution in [0.4, 0.5) is 10.9 Å². The van der Waals surface area contributed by atoms with Crippen LogP contribution in [0, 0.1) is 0 Å². The number of thiazole rings is 1. The monoisotopic (exact) mass is 311 g/mol. The summed E-state index contributed by atoms with van der Waals surface area (Å²) in [4.78, 5) is 19.6. The molecule has 5 nitrogen and oxygen atoms in total. The van der Waals surface area contributed by atoms with Gasteiger partial charge in [0.05, 0.1) is 5.69 Å². The fourth-order valence-corrected chi connectivity index (χ4v) is 2.60. The van der Waals surface area contributed by atoms with Gasteiger partial charge in [-0.2, -0.15) is 0 Å². The van der Waals surface area contributed by atoms with Gasteiger partial charge < -0.3 is 10.1 Å². The van der Waals surface area contributed by atoms with Crippen molar-refractivity contribution in [1.82, 2.24) is 9.97 Å². The SMILES string of the molecule is CC(=O)Oc1ccc(-c2csc(Nc3ccccn3)n2)cc1. The van der Waals surface area contributed by atoms with Gasteiger partial charge in [0.15, 0.2) is 5.13 Å². The molecule has 0 aliphatic heterocycles. The van der Waals surface area contributed by atoms with Gasteiger partial charge in [0.1, 0.15) is 11.6 Å². The fraction of sp³-hybridized carbons (Fsp3) is 0.0625. The number of pyridine rings is 1. The number of rotatable bonds is 4. The minimum Gasteiger partial charge on any atom is -0.427 e. The molecule has 3 aromatic rings. The summed E-state index contributed by atoms with van der Waals surface area (Å²) in [6, 6.07) is 12.9. The van der Waals surface area contributed by atoms with Crippen molar-refractivity contribution in [1.29, 1.82) is 0 Å². The first kappa shape index (κ1) is 14.2. The summed E-state index contributed by atoms with van der Waals surface area (Å²) in [5.41, 5.74) is 1.82. The Labute approximate surface area is 131 Å². The number of nitrogens with zero attached hydrogens (tertiary/aromatic N) is 2. The summed E-state index contributed by atoms with van der Waals surface area (Å²) in [5, 5.41) is 5.90. The lowest BCUT2D eigenvalue weighted by atomic mass is 10.2. The fourth-order valence-electron chi connectivity index (χ4n) is 1.87. The first-order valence-electron chi connectivity index (χ1n) is 6.63. The van der Waals surface area contributed by atoms with E-state index in [1.54, 1.807) is 18.3 Å². The Morgan fingerprint density at radius 1 is 1.18 bits per heavy atom. The zero-order valence-electron chi connectivity index (χ0n) is 11.8. The van der Waals surface area contributed by atoms with Crippen LogP contribution in [0.25, 0.3) is 11.3 Å². The summed E-state index contributed by atoms with van der Waals surface area (Å²) in [5.74, 6) is 0.954. The lowest BCUT2D eigenvalue weighted by Gasteiger charge is -2.02. The minimum absolute atomic E-state index is 0.330. The normalized spacial score (nSPS) is 10.2. The second-order valence-electron chi connectivity index (χ2n) is 4.50. The molecule has 0 saturated carbocycles. The van der Waals surface area contributed by atoms with Crippen molar-refractivity contribution in [3.63, 3.8) is 0 Å². The molecule has 22 heavy (non-hydrogen) atoms. The third-order valence-electron chi connectivity index (χ3n) is 2.82. The van der Waals surface area contributed by atoms with Crippen molar-refractivity contribution in [2.24, 2.45) is 0 Å². The second kappa shape index (κ2) is 6.36. The molecule has 1 aromatic carbocycles. The number of carbonyl (C=O) groups is 1. The average Bonchev–Trinajstić information content (AvgIpc) is 2.97. The molecule has 0 saturated heterocycles. The van der Waals surface area contributed by atoms with Gasteiger partial charge in [-0.05, 0) is 36.4 Å². The Morgan fingerprint density at radius 3 is 2.68 bits per heavy atom. The summed E-state index contributed by atoms with van der Waals surface area (Å²) < 4.78 is 5.01. The van der Waals surface area contributed by atoms with Gasteiger partial charge >= 0.3 is 5.97 Å². The molecular formula is C16H13N3O2S. The molecule has 110 valence electrons. The molecule has 1 N–H and O–H groups in total. The highest BCUT2D eigenvalue weighted by Crippen LogP contribution is 2.27. The van der Waals surface area contributed by atoms with Crippen LogP contribution < -0.4 is 10.1 Å². The van der Waals surface area contributed by atoms with Crippen molar-refractivity contribution in [2.75, 3.05) is 5.32 Å². The Hall–Kier alpha value is -2.73. The van der Waals surface area contributed by atoms with Gasteiger partial charge in [0.25, 0.3) is 0 Å². The van der Waals surface area contributed by atoms with Crippen molar-refractivity contribution in [3.05, 3.63) is 54.0 Å². The van der Waals surface area contributed by atoms with E-state index >= 15 is 0 Å². The van der Waals surface area contributed by atoms with Crippen LogP contribution >= 0.6 is 11.3 Å². The quantitative estimate of drug-likeness (QED) is 0.585. The van der Waals surface area contributed by atoms with Gasteiger partial charge in [0, 0.05) is 24.1 Å². The van der Waals surface area contributed by atoms with Crippen LogP contribution in [-0.2, 0) is 4.79 Å². The predicted octanol–water partition coefficient (Wildman–Crippen LogP) is 3.87. The molecule has 2 heterocycles. The van der Waals surface area contributed by atoms with Crippen LogP contribution in [0.3, 0.4) is 0 Å². The number of nitrogens with one attached hydrogen (secondary N) is 1. The topological polar surface area (TPSA) is 64.1 Å². The van der Waals surface area contributed by atoms with E-state index in [1.165, 1.54) is 18.3 Å². The van der Waals surface area contributed by atoms with E-state index in [4.69, 9.17) is 4.74 Å². The van der Waals surface area contributed by atoms with E-state index in [1.807, 2.05) is 35.7 Å². The highest BCUT2D eigenvalue weighted by molar-refractivity contribution is 7.14. The van der Waals surface area contributed by atoms with E-state index in [9.17, 15) is 4.79 Å². The van der Waals surface area contributed by atoms with E-state index in [0.717, 1.165) is 22.2 Å². The summed E-state index contributed by atoms with van der Waals surface area (Å²) in [6.45, 7) is 1.38. The molecule has 6 heteroatoms. The van der Waals surface area contributed by atoms with Crippen molar-refractivity contribution in [3.8, 4) is 17.0 Å². The number of carbonyl (C=O) groups excluding carboxylic acids is 1. The number of ether oxygens (including phenoxy) is 1. The molecule has 0 unspecified atom stereocenters. The second-order valence-corrected chi connectivity index (χ2v) is 5.35. The number of anilines is 2. The summed E-state index contributed by atoms with van der Waals surface area (Å²) in [6.07, 6.45) is 1.73. The molecule has 0 radical (unpaired) electrons. The standard InChI is InChI=1S/C16H13N3O2S/c1-11(20)21-13-7-5-12(6-8-13)14-10-22-16(18-14)19-15-4-2-3-9-17-15/h2-10H,1H3,(H,17,18,19). The van der Waals surface area contributed by atoms with E-state index in [0.29, 0.717) is 5.75 Å². The Balaban J connectivity index is 1.74. The highest BCUT2D eigenvalue weighted by Gasteiger charge is 2.06. The molecule has 0 aliphatic rings. The molecule has 3 rings (SSSR count). The number of hydrogen-bond acceptors (Lipinski definition) is 6. The minimum atomic E-state index is -0.330. The van der Waals surface area contributed by atoms with Gasteiger partial charge in [-0.15, -0.1) is 11.3 Å². The largest absolute Gasteiger partial charge is 0.427 e. The molecular weight excluding hydrogens is 298 g/mol. The van der Waals surface area contributed by atoms with Gasteiger partial charge in [-0.1, -0.05) is 6.07 Å². The van der Waals surface area contributed by atoms with Crippen LogP contribution in [0.5, 0.6) is 5.75 Å². The summed E-state index contributed by atoms with van der Waals surface area (Å²) in [7, 11) is 0. The Bertz CT molecular complexity index is 770. The zero-order chi connectivity index (χ0) is 15.4. The van der Waals surface area contributed by atoms with Crippen molar-refractivity contribution in [2.45, 2.75) is 6.92 Å². The first-order chi connectivity index (χ1) is 10.7. The first-order valence-corrected chi connectivity index (χ1v) is 7.51. The Morgan fingerprint density at radius 2 is 2.00 bits per heavy atom. The number of aromatic nitrogens is 2. The number of esters is 1. The molecule has 0 amide bonds. The van der Waals surface area contributed by atoms with Crippen molar-refractivity contribution >= 4 is 28.3 Å². The smallest absolute Gasteiger partial charge is 0.308 e. The number of benzene rings is 1. The molecule has 0 aliphatic carbocycles. The molecule has 0 spiro atoms. The van der Waals surface area contributed by atoms with Crippen LogP contribution in [0.2, 0.25) is 0 Å². The molecule has 0 atom stereocenters. The lowest BCUT2D eigenvalue weighted by molar-refractivity contribution is -0.131. The molecule has 2 aromatic heterocycles. The summed E-state index contributed by atoms with van der Waals surface area (Å²) >= 11 is 1.51. The molecule has 0 fully saturated rings. The predicted molar refractivity (Wildman–Crippen MR) is 86.4 cm³/mol. The maximum Gasteiger partial charge on any atom is 0.308 e. The van der Waals surface area contributed by atoms with Gasteiger partial charge in [-0.25, -0.2) is 9.97 Å². The third kappa shape index (κ3) is 3.48. The highest BCUT2D eigenvalue weighted by atomic mass is 32.1. The van der Waals surface area contributed by atoms with Crippen LogP contribution in [-0.4, -0.2) is 15.9 Å². The maximum absolute atomic E-state index is 10.9. The third-order valence-corrected chi connectivity index (χ3v) is 3.57. The molecule has 0 bridgehead atoms. The number of hydrogen-bond donors (Lipinski definition) is 1. The van der Waals surface area contributed by atoms with E-state index in [-0.39, 0.29) is 5.97 Å². The average molecular weight is 311 g/mol. The lowest BCUT2D eigenvalue weighted by Crippen LogP contribution is -2.00. The zero-order valence-corrected chi connectivity index (χ0v) is 12.6. The van der Waals surface area contributed by atoms with Gasteiger partial charge in [0.2, 0.25) is 0 Å². The van der Waals surface area contributed by atoms with Crippen molar-refractivity contribution < 1.29 is 9.53 Å². The Kier molecular flexibility index (Phi) is 4.11. The maximum atomic E-state index is 10.9. The van der Waals surface area contributed by atoms with E-state index in [2.05, 4.69) is 15.3 Å². The van der Waals surface area contributed by atoms with Crippen LogP contribution in [0.15, 0.2) is 54.0 Å². The van der Waals surface area contributed by atoms with Gasteiger partial charge in [-0.3, -0.25) is 4.79 Å². The van der Waals surface area contributed by atoms with Crippen LogP contribution in [0.1, 0.15) is 6.92 Å².